The van der Waals surface area contributed by atoms with E-state index >= 15 is 0 Å². The van der Waals surface area contributed by atoms with Crippen molar-refractivity contribution in [1.29, 1.82) is 0 Å². The van der Waals surface area contributed by atoms with Crippen molar-refractivity contribution in [1.82, 2.24) is 19.9 Å². The van der Waals surface area contributed by atoms with E-state index in [1.54, 1.807) is 37.7 Å². The van der Waals surface area contributed by atoms with Crippen LogP contribution in [0, 0.1) is 30.6 Å². The zero-order valence-electron chi connectivity index (χ0n) is 31.4. The van der Waals surface area contributed by atoms with Gasteiger partial charge in [-0.2, -0.15) is 0 Å². The number of benzene rings is 1. The number of nitrogens with one attached hydrogen (secondary N) is 2. The topological polar surface area (TPSA) is 156 Å². The third-order valence-corrected chi connectivity index (χ3v) is 15.2. The number of pyridine rings is 1. The minimum atomic E-state index is -3.92. The summed E-state index contributed by atoms with van der Waals surface area (Å²) >= 11 is 1.68. The number of hydrogen-bond acceptors (Lipinski definition) is 10. The monoisotopic (exact) mass is 765 g/mol. The van der Waals surface area contributed by atoms with Gasteiger partial charge >= 0.3 is 0 Å². The highest BCUT2D eigenvalue weighted by Crippen LogP contribution is 2.48. The standard InChI is InChI=1S/C39H51N5O7S2/c1-22(2)30-21-52-35(41-30)29-19-32(26-12-13-31(50-6)23(3)33(26)40-29)51-25-17-27-28(18-25)36(46)44(5)16-10-8-7-9-11-24-20-39(24,42-34(27)45)37(47)43-53(48,49)38(4)14-15-38/h9,11-13,19,22,24-25,27-28,30H,7-8,10,14-18,20-21H2,1-6H3,(H,42,45)(H,43,47)/b11-9-/t24-,25-,27-,28-,30?,39-/m1/s1. The van der Waals surface area contributed by atoms with E-state index in [1.165, 1.54) is 0 Å². The fourth-order valence-corrected chi connectivity index (χ4v) is 10.4. The number of nitrogens with zero attached hydrogens (tertiary/aromatic N) is 3. The molecule has 2 aliphatic heterocycles. The third kappa shape index (κ3) is 7.17. The predicted octanol–water partition coefficient (Wildman–Crippen LogP) is 4.92. The second kappa shape index (κ2) is 14.2. The molecule has 0 radical (unpaired) electrons. The molecule has 6 atom stereocenters. The van der Waals surface area contributed by atoms with Crippen molar-refractivity contribution in [3.05, 3.63) is 41.6 Å². The van der Waals surface area contributed by atoms with Gasteiger partial charge in [-0.25, -0.2) is 13.4 Å². The molecule has 2 N–H and O–H groups in total. The number of rotatable bonds is 8. The van der Waals surface area contributed by atoms with Gasteiger partial charge < -0.3 is 19.7 Å². The Labute approximate surface area is 316 Å². The largest absolute Gasteiger partial charge is 0.496 e. The number of methoxy groups -OCH3 is 1. The zero-order chi connectivity index (χ0) is 37.9. The van der Waals surface area contributed by atoms with Crippen LogP contribution in [0.2, 0.25) is 0 Å². The van der Waals surface area contributed by atoms with Crippen LogP contribution in [-0.2, 0) is 24.4 Å². The molecule has 3 heterocycles. The van der Waals surface area contributed by atoms with Gasteiger partial charge in [0.2, 0.25) is 21.8 Å². The molecule has 2 aromatic rings. The van der Waals surface area contributed by atoms with E-state index in [0.29, 0.717) is 48.9 Å². The molecule has 286 valence electrons. The van der Waals surface area contributed by atoms with E-state index in [9.17, 15) is 22.8 Å². The maximum Gasteiger partial charge on any atom is 0.259 e. The normalized spacial score (nSPS) is 30.5. The summed E-state index contributed by atoms with van der Waals surface area (Å²) in [7, 11) is -0.527. The molecule has 12 nitrogen and oxygen atoms in total. The Bertz CT molecular complexity index is 1990. The molecule has 14 heteroatoms. The van der Waals surface area contributed by atoms with Gasteiger partial charge in [-0.15, -0.1) is 11.8 Å². The van der Waals surface area contributed by atoms with Gasteiger partial charge in [-0.3, -0.25) is 24.1 Å². The van der Waals surface area contributed by atoms with Gasteiger partial charge in [-0.05, 0) is 83.3 Å². The number of fused-ring (bicyclic) bond motifs is 3. The number of allylic oxidation sites excluding steroid dienone is 1. The summed E-state index contributed by atoms with van der Waals surface area (Å²) in [5, 5.41) is 4.62. The van der Waals surface area contributed by atoms with Crippen LogP contribution in [0.1, 0.15) is 83.4 Å². The number of sulfonamides is 1. The molecule has 3 amide bonds. The maximum absolute atomic E-state index is 14.3. The van der Waals surface area contributed by atoms with Gasteiger partial charge in [0.1, 0.15) is 28.2 Å². The number of thioether (sulfide) groups is 1. The van der Waals surface area contributed by atoms with Gasteiger partial charge in [0.15, 0.2) is 0 Å². The zero-order valence-corrected chi connectivity index (χ0v) is 33.1. The summed E-state index contributed by atoms with van der Waals surface area (Å²) in [5.74, 6) is -0.584. The lowest BCUT2D eigenvalue weighted by Gasteiger charge is -2.27. The van der Waals surface area contributed by atoms with Crippen molar-refractivity contribution in [3.8, 4) is 11.5 Å². The van der Waals surface area contributed by atoms with Crippen molar-refractivity contribution in [2.75, 3.05) is 26.5 Å². The number of amides is 3. The highest BCUT2D eigenvalue weighted by Gasteiger charge is 2.63. The van der Waals surface area contributed by atoms with Gasteiger partial charge in [0.25, 0.3) is 5.91 Å². The fraction of sp³-hybridized carbons (Fsp3) is 0.615. The molecule has 3 aliphatic carbocycles. The van der Waals surface area contributed by atoms with Gasteiger partial charge in [0, 0.05) is 42.3 Å². The molecule has 0 bridgehead atoms. The highest BCUT2D eigenvalue weighted by molar-refractivity contribution is 8.14. The summed E-state index contributed by atoms with van der Waals surface area (Å²) in [6, 6.07) is 5.91. The summed E-state index contributed by atoms with van der Waals surface area (Å²) in [6.45, 7) is 8.47. The van der Waals surface area contributed by atoms with Crippen LogP contribution in [0.3, 0.4) is 0 Å². The molecule has 1 aromatic heterocycles. The summed E-state index contributed by atoms with van der Waals surface area (Å²) in [4.78, 5) is 53.9. The first-order valence-corrected chi connectivity index (χ1v) is 21.3. The SMILES string of the molecule is COc1ccc2c(O[C@@H]3C[C@H]4C(=O)N[C@]5(C(=O)NS(=O)(=O)C6(C)CC6)C[C@H]5/C=C\CCCCN(C)C(=O)[C@@H]4C3)cc(C3=NC(C(C)C)CS3)nc2c1C. The minimum absolute atomic E-state index is 0.142. The Morgan fingerprint density at radius 1 is 1.13 bits per heavy atom. The van der Waals surface area contributed by atoms with Crippen molar-refractivity contribution in [3.63, 3.8) is 0 Å². The van der Waals surface area contributed by atoms with Crippen LogP contribution in [0.4, 0.5) is 0 Å². The van der Waals surface area contributed by atoms with Gasteiger partial charge in [-0.1, -0.05) is 26.0 Å². The molecule has 1 unspecified atom stereocenters. The molecule has 0 spiro atoms. The Morgan fingerprint density at radius 2 is 1.89 bits per heavy atom. The second-order valence-corrected chi connectivity index (χ2v) is 19.3. The molecule has 1 aromatic carbocycles. The van der Waals surface area contributed by atoms with Crippen LogP contribution in [0.5, 0.6) is 11.5 Å². The van der Waals surface area contributed by atoms with E-state index in [-0.39, 0.29) is 30.7 Å². The van der Waals surface area contributed by atoms with Crippen molar-refractivity contribution in [2.24, 2.45) is 28.7 Å². The Hall–Kier alpha value is -3.65. The number of carbonyl (C=O) groups excluding carboxylic acids is 3. The lowest BCUT2D eigenvalue weighted by Crippen LogP contribution is -2.55. The van der Waals surface area contributed by atoms with Crippen molar-refractivity contribution < 1.29 is 32.3 Å². The molecule has 3 fully saturated rings. The number of aliphatic imine (C=N–C) groups is 1. The predicted molar refractivity (Wildman–Crippen MR) is 206 cm³/mol. The van der Waals surface area contributed by atoms with E-state index in [1.807, 2.05) is 37.3 Å². The molecule has 53 heavy (non-hydrogen) atoms. The van der Waals surface area contributed by atoms with E-state index in [4.69, 9.17) is 19.5 Å². The number of hydrogen-bond donors (Lipinski definition) is 2. The second-order valence-electron chi connectivity index (χ2n) is 16.1. The minimum Gasteiger partial charge on any atom is -0.496 e. The van der Waals surface area contributed by atoms with Crippen molar-refractivity contribution in [2.45, 2.75) is 101 Å². The number of carbonyl (C=O) groups is 3. The summed E-state index contributed by atoms with van der Waals surface area (Å²) in [5.41, 5.74) is 0.896. The average molecular weight is 766 g/mol. The van der Waals surface area contributed by atoms with E-state index in [2.05, 4.69) is 23.9 Å². The van der Waals surface area contributed by atoms with Crippen LogP contribution < -0.4 is 19.5 Å². The first-order valence-electron chi connectivity index (χ1n) is 18.8. The fourth-order valence-electron chi connectivity index (χ4n) is 7.85. The molecule has 3 saturated carbocycles. The lowest BCUT2D eigenvalue weighted by atomic mass is 9.93. The molecule has 7 rings (SSSR count). The van der Waals surface area contributed by atoms with Crippen LogP contribution in [0.25, 0.3) is 10.9 Å². The molecule has 0 saturated heterocycles. The Balaban J connectivity index is 1.20. The first-order chi connectivity index (χ1) is 25.2. The smallest absolute Gasteiger partial charge is 0.259 e. The lowest BCUT2D eigenvalue weighted by molar-refractivity contribution is -0.140. The third-order valence-electron chi connectivity index (χ3n) is 12.0. The quantitative estimate of drug-likeness (QED) is 0.357. The summed E-state index contributed by atoms with van der Waals surface area (Å²) < 4.78 is 40.0. The Morgan fingerprint density at radius 3 is 2.58 bits per heavy atom. The van der Waals surface area contributed by atoms with Crippen LogP contribution in [-0.4, -0.2) is 90.0 Å². The average Bonchev–Trinajstić information content (AvgIpc) is 3.89. The van der Waals surface area contributed by atoms with Gasteiger partial charge in [0.05, 0.1) is 40.9 Å². The molecular formula is C39H51N5O7S2. The van der Waals surface area contributed by atoms with Crippen LogP contribution >= 0.6 is 11.8 Å². The molecule has 5 aliphatic rings. The molecular weight excluding hydrogens is 715 g/mol. The van der Waals surface area contributed by atoms with Crippen LogP contribution in [0.15, 0.2) is 35.3 Å². The summed E-state index contributed by atoms with van der Waals surface area (Å²) in [6.07, 6.45) is 7.58. The number of aromatic nitrogens is 1. The van der Waals surface area contributed by atoms with E-state index < -0.39 is 50.1 Å². The number of ether oxygens (including phenoxy) is 2. The van der Waals surface area contributed by atoms with Crippen molar-refractivity contribution >= 4 is 55.5 Å². The first kappa shape index (κ1) is 37.7. The highest BCUT2D eigenvalue weighted by atomic mass is 32.2. The van der Waals surface area contributed by atoms with E-state index in [0.717, 1.165) is 46.5 Å². The Kier molecular flexibility index (Phi) is 10.1. The maximum atomic E-state index is 14.3. The number of aryl methyl sites for hydroxylation is 1.